The van der Waals surface area contributed by atoms with Crippen LogP contribution in [0.4, 0.5) is 0 Å². The van der Waals surface area contributed by atoms with Crippen molar-refractivity contribution in [2.75, 3.05) is 26.8 Å². The van der Waals surface area contributed by atoms with Crippen LogP contribution in [0.1, 0.15) is 34.6 Å². The molecule has 24 heavy (non-hydrogen) atoms. The molecule has 1 aliphatic heterocycles. The zero-order valence-corrected chi connectivity index (χ0v) is 14.0. The molecule has 2 rings (SSSR count). The highest BCUT2D eigenvalue weighted by Gasteiger charge is 2.26. The van der Waals surface area contributed by atoms with Crippen LogP contribution in [0, 0.1) is 0 Å². The van der Waals surface area contributed by atoms with Crippen LogP contribution in [0.15, 0.2) is 24.3 Å². The summed E-state index contributed by atoms with van der Waals surface area (Å²) in [5, 5.41) is 0. The highest BCUT2D eigenvalue weighted by molar-refractivity contribution is 5.94. The second kappa shape index (κ2) is 7.92. The normalized spacial score (nSPS) is 20.4. The molecule has 0 unspecified atom stereocenters. The Morgan fingerprint density at radius 2 is 1.54 bits per heavy atom. The molecule has 1 amide bonds. The zero-order valence-electron chi connectivity index (χ0n) is 14.0. The predicted octanol–water partition coefficient (Wildman–Crippen LogP) is 1.27. The molecule has 0 saturated carbocycles. The average Bonchev–Trinajstić information content (AvgIpc) is 2.57. The van der Waals surface area contributed by atoms with E-state index in [2.05, 4.69) is 4.74 Å². The van der Waals surface area contributed by atoms with Crippen LogP contribution in [-0.4, -0.2) is 61.8 Å². The number of carbonyl (C=O) groups is 3. The summed E-state index contributed by atoms with van der Waals surface area (Å²) < 4.78 is 15.2. The van der Waals surface area contributed by atoms with Gasteiger partial charge in [0.05, 0.1) is 30.4 Å². The lowest BCUT2D eigenvalue weighted by atomic mass is 10.1. The molecule has 1 heterocycles. The van der Waals surface area contributed by atoms with E-state index in [4.69, 9.17) is 9.47 Å². The third-order valence-electron chi connectivity index (χ3n) is 3.64. The minimum Gasteiger partial charge on any atom is -0.465 e. The maximum atomic E-state index is 12.1. The predicted molar refractivity (Wildman–Crippen MR) is 84.7 cm³/mol. The monoisotopic (exact) mass is 335 g/mol. The second-order valence-electron chi connectivity index (χ2n) is 5.70. The van der Waals surface area contributed by atoms with Gasteiger partial charge in [-0.2, -0.15) is 0 Å². The largest absolute Gasteiger partial charge is 0.465 e. The van der Waals surface area contributed by atoms with Crippen LogP contribution in [0.25, 0.3) is 0 Å². The number of benzene rings is 1. The van der Waals surface area contributed by atoms with Crippen LogP contribution in [0.2, 0.25) is 0 Å². The van der Waals surface area contributed by atoms with Crippen molar-refractivity contribution in [3.8, 4) is 0 Å². The minimum atomic E-state index is -0.617. The number of carbonyl (C=O) groups excluding carboxylic acids is 3. The quantitative estimate of drug-likeness (QED) is 0.771. The average molecular weight is 335 g/mol. The summed E-state index contributed by atoms with van der Waals surface area (Å²) >= 11 is 0. The molecule has 0 aliphatic carbocycles. The van der Waals surface area contributed by atoms with Gasteiger partial charge in [0, 0.05) is 13.1 Å². The fourth-order valence-electron chi connectivity index (χ4n) is 2.54. The number of hydrogen-bond acceptors (Lipinski definition) is 6. The van der Waals surface area contributed by atoms with Gasteiger partial charge in [0.2, 0.25) is 0 Å². The lowest BCUT2D eigenvalue weighted by Gasteiger charge is -2.35. The molecular formula is C17H21NO6. The van der Waals surface area contributed by atoms with Crippen LogP contribution < -0.4 is 0 Å². The van der Waals surface area contributed by atoms with Crippen molar-refractivity contribution in [3.63, 3.8) is 0 Å². The van der Waals surface area contributed by atoms with Gasteiger partial charge in [0.15, 0.2) is 6.61 Å². The Kier molecular flexibility index (Phi) is 5.92. The number of methoxy groups -OCH3 is 1. The van der Waals surface area contributed by atoms with Crippen LogP contribution in [-0.2, 0) is 19.0 Å². The summed E-state index contributed by atoms with van der Waals surface area (Å²) in [5.41, 5.74) is 0.598. The molecular weight excluding hydrogens is 314 g/mol. The molecule has 0 aromatic heterocycles. The van der Waals surface area contributed by atoms with Crippen molar-refractivity contribution >= 4 is 17.8 Å². The van der Waals surface area contributed by atoms with Gasteiger partial charge in [-0.1, -0.05) is 0 Å². The minimum absolute atomic E-state index is 0.0423. The molecule has 7 nitrogen and oxygen atoms in total. The number of rotatable bonds is 4. The number of amides is 1. The van der Waals surface area contributed by atoms with Crippen molar-refractivity contribution in [1.29, 1.82) is 0 Å². The van der Waals surface area contributed by atoms with Crippen molar-refractivity contribution in [2.45, 2.75) is 26.1 Å². The Balaban J connectivity index is 1.88. The Morgan fingerprint density at radius 1 is 1.04 bits per heavy atom. The number of morpholine rings is 1. The molecule has 1 fully saturated rings. The Bertz CT molecular complexity index is 602. The second-order valence-corrected chi connectivity index (χ2v) is 5.70. The van der Waals surface area contributed by atoms with Gasteiger partial charge < -0.3 is 19.1 Å². The van der Waals surface area contributed by atoms with E-state index in [0.29, 0.717) is 18.7 Å². The van der Waals surface area contributed by atoms with Crippen molar-refractivity contribution in [1.82, 2.24) is 4.90 Å². The zero-order chi connectivity index (χ0) is 17.7. The molecule has 1 saturated heterocycles. The summed E-state index contributed by atoms with van der Waals surface area (Å²) in [6.45, 7) is 4.43. The molecule has 1 aromatic carbocycles. The number of nitrogens with zero attached hydrogens (tertiary/aromatic N) is 1. The third kappa shape index (κ3) is 4.55. The first kappa shape index (κ1) is 17.9. The van der Waals surface area contributed by atoms with Crippen molar-refractivity contribution in [2.24, 2.45) is 0 Å². The van der Waals surface area contributed by atoms with Crippen LogP contribution in [0.3, 0.4) is 0 Å². The lowest BCUT2D eigenvalue weighted by molar-refractivity contribution is -0.146. The van der Waals surface area contributed by atoms with Gasteiger partial charge in [-0.05, 0) is 38.1 Å². The number of hydrogen-bond donors (Lipinski definition) is 0. The molecule has 0 spiro atoms. The van der Waals surface area contributed by atoms with Crippen LogP contribution >= 0.6 is 0 Å². The molecule has 0 bridgehead atoms. The topological polar surface area (TPSA) is 82.1 Å². The van der Waals surface area contributed by atoms with Gasteiger partial charge in [-0.25, -0.2) is 9.59 Å². The summed E-state index contributed by atoms with van der Waals surface area (Å²) in [6, 6.07) is 5.85. The Hall–Kier alpha value is -2.41. The molecule has 0 radical (unpaired) electrons. The first-order chi connectivity index (χ1) is 11.4. The third-order valence-corrected chi connectivity index (χ3v) is 3.64. The first-order valence-electron chi connectivity index (χ1n) is 7.69. The van der Waals surface area contributed by atoms with E-state index < -0.39 is 11.9 Å². The van der Waals surface area contributed by atoms with E-state index in [0.717, 1.165) is 0 Å². The highest BCUT2D eigenvalue weighted by Crippen LogP contribution is 2.11. The fourth-order valence-corrected chi connectivity index (χ4v) is 2.54. The van der Waals surface area contributed by atoms with Gasteiger partial charge in [0.25, 0.3) is 5.91 Å². The molecule has 130 valence electrons. The maximum absolute atomic E-state index is 12.1. The van der Waals surface area contributed by atoms with Gasteiger partial charge in [0.1, 0.15) is 0 Å². The summed E-state index contributed by atoms with van der Waals surface area (Å²) in [5.74, 6) is -1.36. The van der Waals surface area contributed by atoms with Crippen molar-refractivity contribution < 1.29 is 28.6 Å². The Labute approximate surface area is 140 Å². The van der Waals surface area contributed by atoms with E-state index in [1.807, 2.05) is 13.8 Å². The number of ether oxygens (including phenoxy) is 3. The van der Waals surface area contributed by atoms with Gasteiger partial charge in [-0.3, -0.25) is 4.79 Å². The van der Waals surface area contributed by atoms with E-state index in [-0.39, 0.29) is 30.3 Å². The van der Waals surface area contributed by atoms with E-state index in [1.54, 1.807) is 4.90 Å². The van der Waals surface area contributed by atoms with Gasteiger partial charge >= 0.3 is 11.9 Å². The summed E-state index contributed by atoms with van der Waals surface area (Å²) in [7, 11) is 1.28. The first-order valence-corrected chi connectivity index (χ1v) is 7.69. The molecule has 1 aromatic rings. The van der Waals surface area contributed by atoms with Crippen molar-refractivity contribution in [3.05, 3.63) is 35.4 Å². The van der Waals surface area contributed by atoms with E-state index >= 15 is 0 Å². The maximum Gasteiger partial charge on any atom is 0.338 e. The standard InChI is InChI=1S/C17H21NO6/c1-11-8-18(9-12(2)24-11)15(19)10-23-17(21)14-6-4-13(5-7-14)16(20)22-3/h4-7,11-12H,8-10H2,1-3H3/t11-,12-/m1/s1. The van der Waals surface area contributed by atoms with Crippen LogP contribution in [0.5, 0.6) is 0 Å². The lowest BCUT2D eigenvalue weighted by Crippen LogP contribution is -2.49. The number of esters is 2. The fraction of sp³-hybridized carbons (Fsp3) is 0.471. The molecule has 7 heteroatoms. The van der Waals surface area contributed by atoms with E-state index in [9.17, 15) is 14.4 Å². The molecule has 2 atom stereocenters. The highest BCUT2D eigenvalue weighted by atomic mass is 16.5. The molecule has 1 aliphatic rings. The van der Waals surface area contributed by atoms with E-state index in [1.165, 1.54) is 31.4 Å². The summed E-state index contributed by atoms with van der Waals surface area (Å²) in [4.78, 5) is 37.1. The van der Waals surface area contributed by atoms with Gasteiger partial charge in [-0.15, -0.1) is 0 Å². The molecule has 0 N–H and O–H groups in total. The summed E-state index contributed by atoms with van der Waals surface area (Å²) in [6.07, 6.45) is -0.0847. The Morgan fingerprint density at radius 3 is 2.04 bits per heavy atom. The SMILES string of the molecule is COC(=O)c1ccc(C(=O)OCC(=O)N2C[C@@H](C)O[C@H](C)C2)cc1. The smallest absolute Gasteiger partial charge is 0.338 e.